The van der Waals surface area contributed by atoms with Gasteiger partial charge in [0.25, 0.3) is 5.89 Å². The summed E-state index contributed by atoms with van der Waals surface area (Å²) in [5.74, 6) is 1.25. The summed E-state index contributed by atoms with van der Waals surface area (Å²) in [5, 5.41) is 4.13. The van der Waals surface area contributed by atoms with Crippen LogP contribution in [-0.4, -0.2) is 36.0 Å². The van der Waals surface area contributed by atoms with Crippen LogP contribution in [-0.2, 0) is 10.0 Å². The fourth-order valence-electron chi connectivity index (χ4n) is 3.32. The predicted molar refractivity (Wildman–Crippen MR) is 109 cm³/mol. The molecule has 0 radical (unpaired) electrons. The average Bonchev–Trinajstić information content (AvgIpc) is 3.19. The topological polar surface area (TPSA) is 76.3 Å². The van der Waals surface area contributed by atoms with E-state index in [9.17, 15) is 8.42 Å². The van der Waals surface area contributed by atoms with Crippen molar-refractivity contribution >= 4 is 26.0 Å². The van der Waals surface area contributed by atoms with Crippen molar-refractivity contribution in [3.63, 3.8) is 0 Å². The number of aryl methyl sites for hydroxylation is 1. The van der Waals surface area contributed by atoms with E-state index in [-0.39, 0.29) is 5.92 Å². The summed E-state index contributed by atoms with van der Waals surface area (Å²) in [6, 6.07) is 14.7. The summed E-state index contributed by atoms with van der Waals surface area (Å²) in [6.45, 7) is 2.91. The van der Waals surface area contributed by atoms with Crippen molar-refractivity contribution in [2.75, 3.05) is 13.1 Å². The fraction of sp³-hybridized carbons (Fsp3) is 0.300. The van der Waals surface area contributed by atoms with Crippen LogP contribution < -0.4 is 0 Å². The number of nitrogens with zero attached hydrogens (tertiary/aromatic N) is 3. The van der Waals surface area contributed by atoms with Crippen molar-refractivity contribution in [3.05, 3.63) is 64.4 Å². The molecule has 8 heteroatoms. The van der Waals surface area contributed by atoms with Crippen molar-refractivity contribution < 1.29 is 12.9 Å². The second-order valence-electron chi connectivity index (χ2n) is 6.96. The monoisotopic (exact) mass is 461 g/mol. The SMILES string of the molecule is Cc1ccc(-c2nc(C3CCN(S(=O)(=O)c4ccc(Br)cc4)CC3)no2)cc1. The average molecular weight is 462 g/mol. The van der Waals surface area contributed by atoms with Crippen LogP contribution in [0.3, 0.4) is 0 Å². The zero-order chi connectivity index (χ0) is 19.7. The molecular weight excluding hydrogens is 442 g/mol. The van der Waals surface area contributed by atoms with Gasteiger partial charge < -0.3 is 4.52 Å². The lowest BCUT2D eigenvalue weighted by Crippen LogP contribution is -2.38. The lowest BCUT2D eigenvalue weighted by Gasteiger charge is -2.29. The molecule has 1 aromatic heterocycles. The molecule has 1 fully saturated rings. The first-order chi connectivity index (χ1) is 13.4. The lowest BCUT2D eigenvalue weighted by atomic mass is 9.97. The van der Waals surface area contributed by atoms with E-state index in [1.54, 1.807) is 24.3 Å². The Balaban J connectivity index is 1.44. The Morgan fingerprint density at radius 2 is 1.68 bits per heavy atom. The molecule has 1 saturated heterocycles. The van der Waals surface area contributed by atoms with Crippen molar-refractivity contribution in [2.24, 2.45) is 0 Å². The third-order valence-corrected chi connectivity index (χ3v) is 7.45. The Kier molecular flexibility index (Phi) is 5.35. The maximum Gasteiger partial charge on any atom is 0.257 e. The van der Waals surface area contributed by atoms with Crippen LogP contribution in [0.5, 0.6) is 0 Å². The highest BCUT2D eigenvalue weighted by molar-refractivity contribution is 9.10. The minimum absolute atomic E-state index is 0.0966. The van der Waals surface area contributed by atoms with E-state index >= 15 is 0 Å². The van der Waals surface area contributed by atoms with E-state index in [0.29, 0.717) is 42.5 Å². The number of piperidine rings is 1. The van der Waals surface area contributed by atoms with Gasteiger partial charge in [0.1, 0.15) is 0 Å². The van der Waals surface area contributed by atoms with Crippen LogP contribution in [0.4, 0.5) is 0 Å². The van der Waals surface area contributed by atoms with Crippen LogP contribution in [0.2, 0.25) is 0 Å². The van der Waals surface area contributed by atoms with E-state index in [0.717, 1.165) is 10.0 Å². The molecule has 6 nitrogen and oxygen atoms in total. The Morgan fingerprint density at radius 1 is 1.04 bits per heavy atom. The van der Waals surface area contributed by atoms with Crippen molar-refractivity contribution in [3.8, 4) is 11.5 Å². The molecule has 28 heavy (non-hydrogen) atoms. The standard InChI is InChI=1S/C20H20BrN3O3S/c1-14-2-4-16(5-3-14)20-22-19(23-27-20)15-10-12-24(13-11-15)28(25,26)18-8-6-17(21)7-9-18/h2-9,15H,10-13H2,1H3. The van der Waals surface area contributed by atoms with E-state index in [1.807, 2.05) is 31.2 Å². The van der Waals surface area contributed by atoms with E-state index in [2.05, 4.69) is 26.1 Å². The molecule has 0 aliphatic carbocycles. The van der Waals surface area contributed by atoms with Crippen molar-refractivity contribution in [1.82, 2.24) is 14.4 Å². The number of benzene rings is 2. The number of sulfonamides is 1. The smallest absolute Gasteiger partial charge is 0.257 e. The first-order valence-electron chi connectivity index (χ1n) is 9.10. The Bertz CT molecular complexity index is 1050. The predicted octanol–water partition coefficient (Wildman–Crippen LogP) is 4.38. The van der Waals surface area contributed by atoms with Gasteiger partial charge in [-0.05, 0) is 56.2 Å². The molecule has 0 saturated carbocycles. The molecule has 3 aromatic rings. The number of aromatic nitrogens is 2. The van der Waals surface area contributed by atoms with Crippen molar-refractivity contribution in [1.29, 1.82) is 0 Å². The number of hydrogen-bond acceptors (Lipinski definition) is 5. The van der Waals surface area contributed by atoms with Gasteiger partial charge in [0.15, 0.2) is 5.82 Å². The van der Waals surface area contributed by atoms with Crippen LogP contribution in [0.1, 0.15) is 30.1 Å². The second-order valence-corrected chi connectivity index (χ2v) is 9.81. The zero-order valence-corrected chi connectivity index (χ0v) is 17.8. The minimum Gasteiger partial charge on any atom is -0.334 e. The highest BCUT2D eigenvalue weighted by atomic mass is 79.9. The molecule has 0 bridgehead atoms. The lowest BCUT2D eigenvalue weighted by molar-refractivity contribution is 0.307. The number of hydrogen-bond donors (Lipinski definition) is 0. The summed E-state index contributed by atoms with van der Waals surface area (Å²) < 4.78 is 33.4. The Hall–Kier alpha value is -2.03. The summed E-state index contributed by atoms with van der Waals surface area (Å²) in [4.78, 5) is 4.85. The van der Waals surface area contributed by atoms with Crippen LogP contribution in [0, 0.1) is 6.92 Å². The quantitative estimate of drug-likeness (QED) is 0.576. The minimum atomic E-state index is -3.48. The van der Waals surface area contributed by atoms with E-state index < -0.39 is 10.0 Å². The molecule has 1 aliphatic heterocycles. The molecule has 2 aromatic carbocycles. The van der Waals surface area contributed by atoms with Crippen LogP contribution in [0.25, 0.3) is 11.5 Å². The highest BCUT2D eigenvalue weighted by Crippen LogP contribution is 2.31. The third-order valence-electron chi connectivity index (χ3n) is 5.01. The number of halogens is 1. The van der Waals surface area contributed by atoms with Gasteiger partial charge in [-0.15, -0.1) is 0 Å². The summed E-state index contributed by atoms with van der Waals surface area (Å²) in [6.07, 6.45) is 1.34. The second kappa shape index (κ2) is 7.77. The highest BCUT2D eigenvalue weighted by Gasteiger charge is 2.31. The van der Waals surface area contributed by atoms with Gasteiger partial charge in [-0.1, -0.05) is 38.8 Å². The third kappa shape index (κ3) is 3.90. The fourth-order valence-corrected chi connectivity index (χ4v) is 5.06. The summed E-state index contributed by atoms with van der Waals surface area (Å²) in [7, 11) is -3.48. The van der Waals surface area contributed by atoms with Gasteiger partial charge in [0, 0.05) is 29.0 Å². The molecule has 0 amide bonds. The summed E-state index contributed by atoms with van der Waals surface area (Å²) in [5.41, 5.74) is 2.06. The van der Waals surface area contributed by atoms with Gasteiger partial charge in [-0.2, -0.15) is 9.29 Å². The molecule has 0 unspecified atom stereocenters. The maximum absolute atomic E-state index is 12.8. The van der Waals surface area contributed by atoms with E-state index in [4.69, 9.17) is 4.52 Å². The Labute approximate surface area is 172 Å². The van der Waals surface area contributed by atoms with Crippen LogP contribution >= 0.6 is 15.9 Å². The molecular formula is C20H20BrN3O3S. The molecule has 146 valence electrons. The number of rotatable bonds is 4. The van der Waals surface area contributed by atoms with Gasteiger partial charge in [-0.25, -0.2) is 8.42 Å². The Morgan fingerprint density at radius 3 is 2.32 bits per heavy atom. The van der Waals surface area contributed by atoms with Crippen molar-refractivity contribution in [2.45, 2.75) is 30.6 Å². The molecule has 2 heterocycles. The maximum atomic E-state index is 12.8. The first-order valence-corrected chi connectivity index (χ1v) is 11.3. The van der Waals surface area contributed by atoms with Gasteiger partial charge in [0.05, 0.1) is 4.90 Å². The van der Waals surface area contributed by atoms with Crippen LogP contribution in [0.15, 0.2) is 62.4 Å². The molecule has 0 spiro atoms. The van der Waals surface area contributed by atoms with E-state index in [1.165, 1.54) is 9.87 Å². The first kappa shape index (κ1) is 19.3. The van der Waals surface area contributed by atoms with Gasteiger partial charge >= 0.3 is 0 Å². The van der Waals surface area contributed by atoms with Gasteiger partial charge in [-0.3, -0.25) is 0 Å². The largest absolute Gasteiger partial charge is 0.334 e. The van der Waals surface area contributed by atoms with Gasteiger partial charge in [0.2, 0.25) is 10.0 Å². The molecule has 0 atom stereocenters. The zero-order valence-electron chi connectivity index (χ0n) is 15.4. The molecule has 4 rings (SSSR count). The molecule has 1 aliphatic rings. The normalized spacial score (nSPS) is 16.4. The summed E-state index contributed by atoms with van der Waals surface area (Å²) >= 11 is 3.33. The molecule has 0 N–H and O–H groups in total.